The fourth-order valence-corrected chi connectivity index (χ4v) is 3.33. The molecule has 0 bridgehead atoms. The van der Waals surface area contributed by atoms with E-state index in [2.05, 4.69) is 36.5 Å². The van der Waals surface area contributed by atoms with Gasteiger partial charge in [-0.05, 0) is 37.1 Å². The zero-order valence-corrected chi connectivity index (χ0v) is 15.0. The van der Waals surface area contributed by atoms with E-state index in [9.17, 15) is 9.59 Å². The first-order valence-electron chi connectivity index (χ1n) is 7.99. The van der Waals surface area contributed by atoms with Crippen LogP contribution in [-0.2, 0) is 10.5 Å². The Morgan fingerprint density at radius 1 is 1.08 bits per heavy atom. The number of carbonyl (C=O) groups excluding carboxylic acids is 1. The lowest BCUT2D eigenvalue weighted by molar-refractivity contribution is -0.113. The summed E-state index contributed by atoms with van der Waals surface area (Å²) < 4.78 is 5.20. The lowest BCUT2D eigenvalue weighted by Crippen LogP contribution is -2.14. The maximum Gasteiger partial charge on any atom is 0.336 e. The van der Waals surface area contributed by atoms with Crippen LogP contribution < -0.4 is 10.9 Å². The van der Waals surface area contributed by atoms with E-state index in [0.717, 1.165) is 16.7 Å². The van der Waals surface area contributed by atoms with Crippen molar-refractivity contribution in [3.05, 3.63) is 75.6 Å². The molecule has 2 aromatic carbocycles. The maximum atomic E-state index is 12.1. The van der Waals surface area contributed by atoms with Gasteiger partial charge >= 0.3 is 5.63 Å². The van der Waals surface area contributed by atoms with E-state index in [1.807, 2.05) is 19.1 Å². The number of thioether (sulfide) groups is 1. The molecule has 0 aliphatic rings. The molecule has 3 rings (SSSR count). The molecule has 0 unspecified atom stereocenters. The minimum atomic E-state index is -0.387. The Morgan fingerprint density at radius 2 is 1.84 bits per heavy atom. The van der Waals surface area contributed by atoms with Gasteiger partial charge in [0.05, 0.1) is 5.75 Å². The molecule has 0 spiro atoms. The molecule has 1 heterocycles. The number of hydrogen-bond acceptors (Lipinski definition) is 4. The molecule has 0 saturated heterocycles. The molecule has 0 saturated carbocycles. The number of fused-ring (bicyclic) bond motifs is 1. The minimum absolute atomic E-state index is 0.0774. The number of benzene rings is 2. The highest BCUT2D eigenvalue weighted by Gasteiger charge is 2.07. The Hall–Kier alpha value is -2.53. The van der Waals surface area contributed by atoms with Crippen molar-refractivity contribution in [1.82, 2.24) is 0 Å². The second-order valence-corrected chi connectivity index (χ2v) is 6.97. The van der Waals surface area contributed by atoms with E-state index < -0.39 is 0 Å². The Kier molecular flexibility index (Phi) is 5.24. The van der Waals surface area contributed by atoms with Crippen molar-refractivity contribution in [2.75, 3.05) is 11.1 Å². The summed E-state index contributed by atoms with van der Waals surface area (Å²) in [5.41, 5.74) is 4.01. The standard InChI is InChI=1S/C20H19NO3S/c1-13-3-5-15(6-4-13)11-25-12-19(22)21-16-7-8-17-14(2)9-20(23)24-18(17)10-16/h3-10H,11-12H2,1-2H3,(H,21,22). The summed E-state index contributed by atoms with van der Waals surface area (Å²) in [7, 11) is 0. The van der Waals surface area contributed by atoms with Crippen LogP contribution in [0.15, 0.2) is 57.7 Å². The van der Waals surface area contributed by atoms with Gasteiger partial charge in [-0.15, -0.1) is 11.8 Å². The number of rotatable bonds is 5. The van der Waals surface area contributed by atoms with E-state index >= 15 is 0 Å². The van der Waals surface area contributed by atoms with Gasteiger partial charge in [0.25, 0.3) is 0 Å². The van der Waals surface area contributed by atoms with Gasteiger partial charge in [-0.25, -0.2) is 4.79 Å². The van der Waals surface area contributed by atoms with E-state index in [4.69, 9.17) is 4.42 Å². The Morgan fingerprint density at radius 3 is 2.60 bits per heavy atom. The van der Waals surface area contributed by atoms with Crippen molar-refractivity contribution < 1.29 is 9.21 Å². The SMILES string of the molecule is Cc1ccc(CSCC(=O)Nc2ccc3c(C)cc(=O)oc3c2)cc1. The third-order valence-corrected chi connectivity index (χ3v) is 4.86. The fourth-order valence-electron chi connectivity index (χ4n) is 2.55. The lowest BCUT2D eigenvalue weighted by atomic mass is 10.1. The summed E-state index contributed by atoms with van der Waals surface area (Å²) in [5, 5.41) is 3.71. The third-order valence-electron chi connectivity index (χ3n) is 3.86. The molecular formula is C20H19NO3S. The molecule has 1 amide bonds. The monoisotopic (exact) mass is 353 g/mol. The molecule has 0 aliphatic carbocycles. The number of hydrogen-bond donors (Lipinski definition) is 1. The van der Waals surface area contributed by atoms with Gasteiger partial charge in [-0.2, -0.15) is 0 Å². The third kappa shape index (κ3) is 4.51. The van der Waals surface area contributed by atoms with Crippen LogP contribution in [0.25, 0.3) is 11.0 Å². The predicted molar refractivity (Wildman–Crippen MR) is 103 cm³/mol. The molecule has 0 fully saturated rings. The van der Waals surface area contributed by atoms with E-state index in [0.29, 0.717) is 17.0 Å². The first-order valence-corrected chi connectivity index (χ1v) is 9.14. The van der Waals surface area contributed by atoms with E-state index in [1.54, 1.807) is 17.8 Å². The second-order valence-electron chi connectivity index (χ2n) is 5.99. The molecule has 5 heteroatoms. The number of carbonyl (C=O) groups is 1. The predicted octanol–water partition coefficient (Wildman–Crippen LogP) is 4.28. The molecule has 0 aliphatic heterocycles. The van der Waals surface area contributed by atoms with Crippen molar-refractivity contribution in [1.29, 1.82) is 0 Å². The van der Waals surface area contributed by atoms with Crippen LogP contribution >= 0.6 is 11.8 Å². The maximum absolute atomic E-state index is 12.1. The molecule has 4 nitrogen and oxygen atoms in total. The van der Waals surface area contributed by atoms with Crippen LogP contribution in [-0.4, -0.2) is 11.7 Å². The smallest absolute Gasteiger partial charge is 0.336 e. The topological polar surface area (TPSA) is 59.3 Å². The summed E-state index contributed by atoms with van der Waals surface area (Å²) in [5.74, 6) is 1.08. The van der Waals surface area contributed by atoms with Gasteiger partial charge in [0.1, 0.15) is 5.58 Å². The normalized spacial score (nSPS) is 10.8. The minimum Gasteiger partial charge on any atom is -0.423 e. The van der Waals surface area contributed by atoms with Crippen LogP contribution in [0.4, 0.5) is 5.69 Å². The van der Waals surface area contributed by atoms with Crippen LogP contribution in [0.3, 0.4) is 0 Å². The number of anilines is 1. The first-order chi connectivity index (χ1) is 12.0. The highest BCUT2D eigenvalue weighted by atomic mass is 32.2. The largest absolute Gasteiger partial charge is 0.423 e. The van der Waals surface area contributed by atoms with Gasteiger partial charge in [0.2, 0.25) is 5.91 Å². The van der Waals surface area contributed by atoms with Gasteiger partial charge < -0.3 is 9.73 Å². The van der Waals surface area contributed by atoms with Crippen LogP contribution in [0.1, 0.15) is 16.7 Å². The summed E-state index contributed by atoms with van der Waals surface area (Å²) in [6, 6.07) is 15.1. The fraction of sp³-hybridized carbons (Fsp3) is 0.200. The molecule has 0 radical (unpaired) electrons. The highest BCUT2D eigenvalue weighted by Crippen LogP contribution is 2.21. The van der Waals surface area contributed by atoms with Crippen LogP contribution in [0, 0.1) is 13.8 Å². The molecule has 1 N–H and O–H groups in total. The van der Waals surface area contributed by atoms with Crippen LogP contribution in [0.2, 0.25) is 0 Å². The van der Waals surface area contributed by atoms with Gasteiger partial charge in [-0.3, -0.25) is 4.79 Å². The Balaban J connectivity index is 1.60. The molecule has 25 heavy (non-hydrogen) atoms. The quantitative estimate of drug-likeness (QED) is 0.696. The Bertz CT molecular complexity index is 961. The van der Waals surface area contributed by atoms with Gasteiger partial charge in [0, 0.05) is 29.0 Å². The summed E-state index contributed by atoms with van der Waals surface area (Å²) in [6.07, 6.45) is 0. The second kappa shape index (κ2) is 7.57. The van der Waals surface area contributed by atoms with E-state index in [1.165, 1.54) is 17.2 Å². The molecule has 128 valence electrons. The lowest BCUT2D eigenvalue weighted by Gasteiger charge is -2.07. The van der Waals surface area contributed by atoms with Gasteiger partial charge in [0.15, 0.2) is 0 Å². The van der Waals surface area contributed by atoms with Crippen molar-refractivity contribution >= 4 is 34.3 Å². The zero-order valence-electron chi connectivity index (χ0n) is 14.2. The number of nitrogens with one attached hydrogen (secondary N) is 1. The number of amides is 1. The molecule has 1 aromatic heterocycles. The summed E-state index contributed by atoms with van der Waals surface area (Å²) in [4.78, 5) is 23.6. The summed E-state index contributed by atoms with van der Waals surface area (Å²) >= 11 is 1.56. The molecule has 0 atom stereocenters. The molecule has 3 aromatic rings. The average molecular weight is 353 g/mol. The van der Waals surface area contributed by atoms with Gasteiger partial charge in [-0.1, -0.05) is 29.8 Å². The van der Waals surface area contributed by atoms with Crippen LogP contribution in [0.5, 0.6) is 0 Å². The zero-order chi connectivity index (χ0) is 17.8. The van der Waals surface area contributed by atoms with E-state index in [-0.39, 0.29) is 11.5 Å². The van der Waals surface area contributed by atoms with Crippen molar-refractivity contribution in [2.45, 2.75) is 19.6 Å². The number of aryl methyl sites for hydroxylation is 2. The first kappa shape index (κ1) is 17.3. The Labute approximate surface area is 150 Å². The van der Waals surface area contributed by atoms with Crippen molar-refractivity contribution in [2.24, 2.45) is 0 Å². The molecular weight excluding hydrogens is 334 g/mol. The average Bonchev–Trinajstić information content (AvgIpc) is 2.56. The highest BCUT2D eigenvalue weighted by molar-refractivity contribution is 7.99. The van der Waals surface area contributed by atoms with Crippen molar-refractivity contribution in [3.8, 4) is 0 Å². The summed E-state index contributed by atoms with van der Waals surface area (Å²) in [6.45, 7) is 3.91. The van der Waals surface area contributed by atoms with Crippen molar-refractivity contribution in [3.63, 3.8) is 0 Å².